The Morgan fingerprint density at radius 1 is 0.964 bits per heavy atom. The molecule has 3 aromatic rings. The normalized spacial score (nSPS) is 21.7. The van der Waals surface area contributed by atoms with E-state index in [0.717, 1.165) is 13.2 Å². The third-order valence-corrected chi connectivity index (χ3v) is 7.06. The van der Waals surface area contributed by atoms with E-state index >= 15 is 0 Å². The molecule has 0 bridgehead atoms. The highest BCUT2D eigenvalue weighted by atomic mass is 15.3. The molecule has 2 nitrogen and oxygen atoms in total. The van der Waals surface area contributed by atoms with Gasteiger partial charge in [0.05, 0.1) is 6.67 Å². The van der Waals surface area contributed by atoms with Gasteiger partial charge < -0.3 is 4.57 Å². The molecule has 0 fully saturated rings. The zero-order valence-electron chi connectivity index (χ0n) is 16.5. The smallest absolute Gasteiger partial charge is 0.0757 e. The number of fused-ring (bicyclic) bond motifs is 3. The van der Waals surface area contributed by atoms with Gasteiger partial charge in [0.2, 0.25) is 0 Å². The molecule has 3 aliphatic rings. The maximum absolute atomic E-state index is 2.65. The Balaban J connectivity index is 1.42. The van der Waals surface area contributed by atoms with Crippen molar-refractivity contribution in [3.05, 3.63) is 77.0 Å². The van der Waals surface area contributed by atoms with Crippen molar-refractivity contribution in [3.8, 4) is 0 Å². The first-order valence-electron chi connectivity index (χ1n) is 11.0. The van der Waals surface area contributed by atoms with Crippen molar-refractivity contribution < 1.29 is 0 Å². The molecule has 2 aliphatic carbocycles. The summed E-state index contributed by atoms with van der Waals surface area (Å²) in [5.74, 6) is 0.697. The molecule has 0 saturated carbocycles. The lowest BCUT2D eigenvalue weighted by molar-refractivity contribution is 0.159. The van der Waals surface area contributed by atoms with E-state index in [1.807, 2.05) is 0 Å². The second kappa shape index (κ2) is 6.63. The number of allylic oxidation sites excluding steroid dienone is 2. The molecule has 0 radical (unpaired) electrons. The molecule has 2 heterocycles. The summed E-state index contributed by atoms with van der Waals surface area (Å²) in [7, 11) is 0. The van der Waals surface area contributed by atoms with E-state index in [-0.39, 0.29) is 0 Å². The van der Waals surface area contributed by atoms with E-state index in [1.54, 1.807) is 16.8 Å². The molecule has 0 N–H and O–H groups in total. The van der Waals surface area contributed by atoms with Gasteiger partial charge in [-0.05, 0) is 72.9 Å². The predicted molar refractivity (Wildman–Crippen MR) is 116 cm³/mol. The Morgan fingerprint density at radius 3 is 2.75 bits per heavy atom. The number of benzene rings is 2. The van der Waals surface area contributed by atoms with Gasteiger partial charge in [-0.25, -0.2) is 0 Å². The van der Waals surface area contributed by atoms with Gasteiger partial charge in [0, 0.05) is 35.6 Å². The number of rotatable bonds is 3. The van der Waals surface area contributed by atoms with E-state index in [1.165, 1.54) is 67.1 Å². The van der Waals surface area contributed by atoms with Crippen LogP contribution in [-0.2, 0) is 19.6 Å². The Labute approximate surface area is 167 Å². The van der Waals surface area contributed by atoms with Gasteiger partial charge in [-0.15, -0.1) is 0 Å². The summed E-state index contributed by atoms with van der Waals surface area (Å²) in [5.41, 5.74) is 9.23. The second-order valence-electron chi connectivity index (χ2n) is 8.87. The molecular formula is C26H28N2. The summed E-state index contributed by atoms with van der Waals surface area (Å²) >= 11 is 0. The summed E-state index contributed by atoms with van der Waals surface area (Å²) in [5, 5.41) is 1.53. The van der Waals surface area contributed by atoms with Crippen molar-refractivity contribution in [2.24, 2.45) is 0 Å². The SMILES string of the molecule is C1=C(c2ccc3c(c2)c2c4n3CN(Cc3ccccc3)C[C@@H]4CCC2)CCC1. The number of hydrogen-bond donors (Lipinski definition) is 0. The Hall–Kier alpha value is -2.32. The van der Waals surface area contributed by atoms with Crippen LogP contribution in [0.25, 0.3) is 16.5 Å². The molecule has 1 aliphatic heterocycles. The molecule has 2 heteroatoms. The van der Waals surface area contributed by atoms with Crippen molar-refractivity contribution in [1.29, 1.82) is 0 Å². The third kappa shape index (κ3) is 2.66. The molecule has 142 valence electrons. The maximum Gasteiger partial charge on any atom is 0.0757 e. The van der Waals surface area contributed by atoms with Crippen molar-refractivity contribution in [1.82, 2.24) is 9.47 Å². The van der Waals surface area contributed by atoms with Crippen LogP contribution in [-0.4, -0.2) is 16.0 Å². The fourth-order valence-electron chi connectivity index (χ4n) is 5.82. The predicted octanol–water partition coefficient (Wildman–Crippen LogP) is 6.10. The van der Waals surface area contributed by atoms with Gasteiger partial charge >= 0.3 is 0 Å². The molecule has 6 rings (SSSR count). The highest BCUT2D eigenvalue weighted by Gasteiger charge is 2.33. The summed E-state index contributed by atoms with van der Waals surface area (Å²) in [6, 6.07) is 18.2. The van der Waals surface area contributed by atoms with Crippen molar-refractivity contribution >= 4 is 16.5 Å². The molecule has 0 spiro atoms. The summed E-state index contributed by atoms with van der Waals surface area (Å²) in [4.78, 5) is 2.65. The highest BCUT2D eigenvalue weighted by molar-refractivity contribution is 5.89. The Bertz CT molecular complexity index is 1060. The molecule has 2 aromatic carbocycles. The zero-order chi connectivity index (χ0) is 18.5. The minimum atomic E-state index is 0.697. The molecule has 28 heavy (non-hydrogen) atoms. The van der Waals surface area contributed by atoms with Crippen LogP contribution in [0.15, 0.2) is 54.6 Å². The first kappa shape index (κ1) is 16.6. The van der Waals surface area contributed by atoms with E-state index in [4.69, 9.17) is 0 Å². The fourth-order valence-corrected chi connectivity index (χ4v) is 5.82. The van der Waals surface area contributed by atoms with Crippen LogP contribution in [0, 0.1) is 0 Å². The maximum atomic E-state index is 2.65. The monoisotopic (exact) mass is 368 g/mol. The number of aromatic nitrogens is 1. The highest BCUT2D eigenvalue weighted by Crippen LogP contribution is 2.43. The topological polar surface area (TPSA) is 8.17 Å². The number of aryl methyl sites for hydroxylation is 1. The van der Waals surface area contributed by atoms with E-state index in [9.17, 15) is 0 Å². The number of hydrogen-bond acceptors (Lipinski definition) is 1. The average molecular weight is 369 g/mol. The van der Waals surface area contributed by atoms with Crippen molar-refractivity contribution in [2.75, 3.05) is 6.54 Å². The van der Waals surface area contributed by atoms with Gasteiger partial charge in [-0.1, -0.05) is 42.5 Å². The minimum absolute atomic E-state index is 0.697. The molecule has 0 unspecified atom stereocenters. The molecular weight excluding hydrogens is 340 g/mol. The zero-order valence-corrected chi connectivity index (χ0v) is 16.5. The van der Waals surface area contributed by atoms with E-state index in [0.29, 0.717) is 5.92 Å². The first-order chi connectivity index (χ1) is 13.9. The molecule has 1 atom stereocenters. The van der Waals surface area contributed by atoms with Gasteiger partial charge in [0.25, 0.3) is 0 Å². The van der Waals surface area contributed by atoms with Crippen LogP contribution in [0.5, 0.6) is 0 Å². The van der Waals surface area contributed by atoms with Gasteiger partial charge in [-0.3, -0.25) is 4.90 Å². The lowest BCUT2D eigenvalue weighted by atomic mass is 9.85. The third-order valence-electron chi connectivity index (χ3n) is 7.06. The molecule has 0 amide bonds. The van der Waals surface area contributed by atoms with Crippen LogP contribution < -0.4 is 0 Å². The van der Waals surface area contributed by atoms with E-state index < -0.39 is 0 Å². The van der Waals surface area contributed by atoms with Crippen LogP contribution in [0.1, 0.15) is 60.4 Å². The van der Waals surface area contributed by atoms with Gasteiger partial charge in [-0.2, -0.15) is 0 Å². The van der Waals surface area contributed by atoms with Crippen LogP contribution >= 0.6 is 0 Å². The van der Waals surface area contributed by atoms with Crippen molar-refractivity contribution in [2.45, 2.75) is 57.7 Å². The van der Waals surface area contributed by atoms with Crippen LogP contribution in [0.3, 0.4) is 0 Å². The fraction of sp³-hybridized carbons (Fsp3) is 0.385. The largest absolute Gasteiger partial charge is 0.330 e. The van der Waals surface area contributed by atoms with Crippen LogP contribution in [0.4, 0.5) is 0 Å². The van der Waals surface area contributed by atoms with Crippen LogP contribution in [0.2, 0.25) is 0 Å². The average Bonchev–Trinajstić information content (AvgIpc) is 3.37. The summed E-state index contributed by atoms with van der Waals surface area (Å²) in [6.45, 7) is 3.28. The molecule has 1 aromatic heterocycles. The Morgan fingerprint density at radius 2 is 1.89 bits per heavy atom. The second-order valence-corrected chi connectivity index (χ2v) is 8.87. The molecule has 0 saturated heterocycles. The van der Waals surface area contributed by atoms with Crippen molar-refractivity contribution in [3.63, 3.8) is 0 Å². The lowest BCUT2D eigenvalue weighted by Crippen LogP contribution is -2.38. The standard InChI is InChI=1S/C26H28N2/c1-2-7-19(8-3-1)16-27-17-22-11-6-12-23-24-15-21(20-9-4-5-10-20)13-14-25(24)28(18-27)26(22)23/h1-3,7-9,13-15,22H,4-6,10-12,16-18H2/t22-/m0/s1. The quantitative estimate of drug-likeness (QED) is 0.542. The summed E-state index contributed by atoms with van der Waals surface area (Å²) in [6.07, 6.45) is 10.2. The number of nitrogens with zero attached hydrogens (tertiary/aromatic N) is 2. The Kier molecular flexibility index (Phi) is 3.94. The van der Waals surface area contributed by atoms with Gasteiger partial charge in [0.15, 0.2) is 0 Å². The minimum Gasteiger partial charge on any atom is -0.330 e. The lowest BCUT2D eigenvalue weighted by Gasteiger charge is -2.37. The first-order valence-corrected chi connectivity index (χ1v) is 11.0. The van der Waals surface area contributed by atoms with Gasteiger partial charge in [0.1, 0.15) is 0 Å². The summed E-state index contributed by atoms with van der Waals surface area (Å²) < 4.78 is 2.65. The van der Waals surface area contributed by atoms with E-state index in [2.05, 4.69) is 64.1 Å².